The summed E-state index contributed by atoms with van der Waals surface area (Å²) in [5.74, 6) is -1.04. The van der Waals surface area contributed by atoms with Crippen LogP contribution in [0.3, 0.4) is 0 Å². The molecule has 0 atom stereocenters. The molecule has 0 amide bonds. The quantitative estimate of drug-likeness (QED) is 0.364. The summed E-state index contributed by atoms with van der Waals surface area (Å²) >= 11 is 0. The molecule has 0 aliphatic rings. The van der Waals surface area contributed by atoms with Crippen LogP contribution in [0.15, 0.2) is 53.6 Å². The highest BCUT2D eigenvalue weighted by Crippen LogP contribution is 2.32. The summed E-state index contributed by atoms with van der Waals surface area (Å²) in [4.78, 5) is 20.2. The molecule has 5 aromatic rings. The molecule has 0 spiro atoms. The molecular formula is C25H23F2N5O3S. The molecule has 5 rings (SSSR count). The number of nitrogens with two attached hydrogens (primary N) is 1. The lowest BCUT2D eigenvalue weighted by Crippen LogP contribution is -2.18. The lowest BCUT2D eigenvalue weighted by molar-refractivity contribution is 0.566. The maximum Gasteiger partial charge on any atom is 0.274 e. The molecule has 0 aliphatic heterocycles. The van der Waals surface area contributed by atoms with Crippen LogP contribution >= 0.6 is 0 Å². The van der Waals surface area contributed by atoms with Crippen molar-refractivity contribution in [3.8, 4) is 11.1 Å². The lowest BCUT2D eigenvalue weighted by Gasteiger charge is -2.13. The van der Waals surface area contributed by atoms with Gasteiger partial charge in [-0.1, -0.05) is 6.07 Å². The van der Waals surface area contributed by atoms with E-state index in [1.807, 2.05) is 12.1 Å². The number of sulfonamides is 1. The van der Waals surface area contributed by atoms with Gasteiger partial charge in [-0.25, -0.2) is 27.3 Å². The first-order valence-corrected chi connectivity index (χ1v) is 12.8. The van der Waals surface area contributed by atoms with Crippen LogP contribution in [0, 0.1) is 18.6 Å². The normalized spacial score (nSPS) is 12.1. The number of imidazole rings is 1. The Kier molecular flexibility index (Phi) is 5.76. The molecule has 3 heterocycles. The largest absolute Gasteiger partial charge is 0.357 e. The molecule has 0 fully saturated rings. The summed E-state index contributed by atoms with van der Waals surface area (Å²) < 4.78 is 54.7. The SMILES string of the molecule is Cc1nc2c(CCS(N)(=O)=O)cc(-c3cn(C)c(=O)c4[nH]ccc34)cc2n1Cc1ccc(F)cc1F. The van der Waals surface area contributed by atoms with Gasteiger partial charge in [-0.15, -0.1) is 0 Å². The van der Waals surface area contributed by atoms with E-state index in [0.29, 0.717) is 33.3 Å². The number of H-pyrrole nitrogens is 1. The molecule has 0 radical (unpaired) electrons. The monoisotopic (exact) mass is 511 g/mol. The summed E-state index contributed by atoms with van der Waals surface area (Å²) in [7, 11) is -2.09. The van der Waals surface area contributed by atoms with E-state index in [0.717, 1.165) is 17.2 Å². The van der Waals surface area contributed by atoms with Gasteiger partial charge in [0.2, 0.25) is 10.0 Å². The van der Waals surface area contributed by atoms with Crippen LogP contribution in [-0.4, -0.2) is 33.3 Å². The molecule has 11 heteroatoms. The number of aromatic amines is 1. The van der Waals surface area contributed by atoms with Crippen LogP contribution in [0.25, 0.3) is 33.1 Å². The van der Waals surface area contributed by atoms with Gasteiger partial charge in [-0.3, -0.25) is 4.79 Å². The molecule has 8 nitrogen and oxygen atoms in total. The van der Waals surface area contributed by atoms with Crippen molar-refractivity contribution in [3.63, 3.8) is 0 Å². The standard InChI is InChI=1S/C25H23F2N5O3S/c1-14-30-23-15(6-8-36(28,34)35)9-17(20-13-31(2)25(33)24-19(20)5-7-29-24)10-22(23)32(14)12-16-3-4-18(26)11-21(16)27/h3-5,7,9-11,13,29H,6,8,12H2,1-2H3,(H2,28,34,35). The smallest absolute Gasteiger partial charge is 0.274 e. The van der Waals surface area contributed by atoms with Crippen LogP contribution in [-0.2, 0) is 30.0 Å². The summed E-state index contributed by atoms with van der Waals surface area (Å²) in [6.45, 7) is 1.86. The lowest BCUT2D eigenvalue weighted by atomic mass is 9.99. The van der Waals surface area contributed by atoms with E-state index in [1.165, 1.54) is 16.7 Å². The molecule has 36 heavy (non-hydrogen) atoms. The van der Waals surface area contributed by atoms with Crippen molar-refractivity contribution in [2.45, 2.75) is 19.9 Å². The first-order chi connectivity index (χ1) is 17.0. The maximum atomic E-state index is 14.5. The molecule has 0 unspecified atom stereocenters. The number of benzene rings is 2. The third-order valence-electron chi connectivity index (χ3n) is 6.33. The first-order valence-electron chi connectivity index (χ1n) is 11.1. The fourth-order valence-electron chi connectivity index (χ4n) is 4.53. The van der Waals surface area contributed by atoms with Gasteiger partial charge < -0.3 is 14.1 Å². The van der Waals surface area contributed by atoms with Crippen molar-refractivity contribution in [1.29, 1.82) is 0 Å². The number of nitrogens with one attached hydrogen (secondary N) is 1. The van der Waals surface area contributed by atoms with Crippen LogP contribution in [0.2, 0.25) is 0 Å². The zero-order chi connectivity index (χ0) is 25.8. The summed E-state index contributed by atoms with van der Waals surface area (Å²) in [5, 5.41) is 5.98. The molecular weight excluding hydrogens is 488 g/mol. The van der Waals surface area contributed by atoms with Crippen LogP contribution in [0.5, 0.6) is 0 Å². The predicted molar refractivity (Wildman–Crippen MR) is 134 cm³/mol. The van der Waals surface area contributed by atoms with Crippen molar-refractivity contribution >= 4 is 32.0 Å². The Hall–Kier alpha value is -3.83. The molecule has 0 bridgehead atoms. The molecule has 2 aromatic carbocycles. The van der Waals surface area contributed by atoms with E-state index >= 15 is 0 Å². The Labute approximate surface area is 205 Å². The Morgan fingerprint density at radius 1 is 1.11 bits per heavy atom. The number of halogens is 2. The van der Waals surface area contributed by atoms with Gasteiger partial charge in [0.05, 0.1) is 23.3 Å². The second-order valence-corrected chi connectivity index (χ2v) is 10.6. The molecule has 0 saturated heterocycles. The number of aryl methyl sites for hydroxylation is 3. The van der Waals surface area contributed by atoms with Crippen molar-refractivity contribution in [2.75, 3.05) is 5.75 Å². The topological polar surface area (TPSA) is 116 Å². The minimum absolute atomic E-state index is 0.0966. The maximum absolute atomic E-state index is 14.5. The van der Waals surface area contributed by atoms with Crippen molar-refractivity contribution in [3.05, 3.63) is 87.7 Å². The number of aromatic nitrogens is 4. The van der Waals surface area contributed by atoms with E-state index < -0.39 is 21.7 Å². The molecule has 3 aromatic heterocycles. The minimum Gasteiger partial charge on any atom is -0.357 e. The van der Waals surface area contributed by atoms with Crippen LogP contribution in [0.1, 0.15) is 17.0 Å². The first kappa shape index (κ1) is 23.9. The second kappa shape index (κ2) is 8.68. The molecule has 0 aliphatic carbocycles. The highest BCUT2D eigenvalue weighted by molar-refractivity contribution is 7.89. The van der Waals surface area contributed by atoms with E-state index in [9.17, 15) is 22.0 Å². The van der Waals surface area contributed by atoms with Gasteiger partial charge in [0.25, 0.3) is 5.56 Å². The fraction of sp³-hybridized carbons (Fsp3) is 0.200. The van der Waals surface area contributed by atoms with Gasteiger partial charge >= 0.3 is 0 Å². The third kappa shape index (κ3) is 4.31. The number of hydrogen-bond acceptors (Lipinski definition) is 4. The fourth-order valence-corrected chi connectivity index (χ4v) is 5.03. The number of rotatable bonds is 6. The number of nitrogens with zero attached hydrogens (tertiary/aromatic N) is 3. The predicted octanol–water partition coefficient (Wildman–Crippen LogP) is 3.35. The number of pyridine rings is 1. The zero-order valence-electron chi connectivity index (χ0n) is 19.5. The van der Waals surface area contributed by atoms with E-state index in [2.05, 4.69) is 9.97 Å². The Morgan fingerprint density at radius 3 is 2.61 bits per heavy atom. The minimum atomic E-state index is -3.74. The van der Waals surface area contributed by atoms with Crippen LogP contribution < -0.4 is 10.7 Å². The summed E-state index contributed by atoms with van der Waals surface area (Å²) in [6.07, 6.45) is 3.52. The third-order valence-corrected chi connectivity index (χ3v) is 7.10. The van der Waals surface area contributed by atoms with Gasteiger partial charge in [0, 0.05) is 42.0 Å². The Morgan fingerprint density at radius 2 is 1.89 bits per heavy atom. The molecule has 0 saturated carbocycles. The number of fused-ring (bicyclic) bond motifs is 2. The highest BCUT2D eigenvalue weighted by atomic mass is 32.2. The highest BCUT2D eigenvalue weighted by Gasteiger charge is 2.19. The van der Waals surface area contributed by atoms with Crippen LogP contribution in [0.4, 0.5) is 8.78 Å². The van der Waals surface area contributed by atoms with Gasteiger partial charge in [-0.2, -0.15) is 0 Å². The van der Waals surface area contributed by atoms with Gasteiger partial charge in [-0.05, 0) is 48.7 Å². The van der Waals surface area contributed by atoms with E-state index in [-0.39, 0.29) is 29.8 Å². The van der Waals surface area contributed by atoms with Crippen molar-refractivity contribution < 1.29 is 17.2 Å². The number of hydrogen-bond donors (Lipinski definition) is 2. The second-order valence-electron chi connectivity index (χ2n) is 8.83. The Balaban J connectivity index is 1.75. The average molecular weight is 512 g/mol. The average Bonchev–Trinajstić information content (AvgIpc) is 3.41. The van der Waals surface area contributed by atoms with Crippen molar-refractivity contribution in [1.82, 2.24) is 19.1 Å². The Bertz CT molecular complexity index is 1820. The molecule has 3 N–H and O–H groups in total. The number of primary sulfonamides is 1. The van der Waals surface area contributed by atoms with Crippen molar-refractivity contribution in [2.24, 2.45) is 12.2 Å². The molecule has 186 valence electrons. The van der Waals surface area contributed by atoms with E-state index in [4.69, 9.17) is 5.14 Å². The van der Waals surface area contributed by atoms with E-state index in [1.54, 1.807) is 37.0 Å². The van der Waals surface area contributed by atoms with Gasteiger partial charge in [0.15, 0.2) is 0 Å². The zero-order valence-corrected chi connectivity index (χ0v) is 20.4. The summed E-state index contributed by atoms with van der Waals surface area (Å²) in [6, 6.07) is 8.94. The summed E-state index contributed by atoms with van der Waals surface area (Å²) in [5.41, 5.74) is 3.90. The van der Waals surface area contributed by atoms with Gasteiger partial charge in [0.1, 0.15) is 23.0 Å².